The van der Waals surface area contributed by atoms with Crippen LogP contribution >= 0.6 is 0 Å². The summed E-state index contributed by atoms with van der Waals surface area (Å²) in [6.45, 7) is 2.91. The lowest BCUT2D eigenvalue weighted by atomic mass is 10.0. The van der Waals surface area contributed by atoms with E-state index in [4.69, 9.17) is 4.74 Å². The van der Waals surface area contributed by atoms with Gasteiger partial charge in [-0.3, -0.25) is 9.59 Å². The van der Waals surface area contributed by atoms with Gasteiger partial charge in [0.15, 0.2) is 0 Å². The molecule has 5 rings (SSSR count). The van der Waals surface area contributed by atoms with E-state index in [-0.39, 0.29) is 5.56 Å². The summed E-state index contributed by atoms with van der Waals surface area (Å²) >= 11 is 0. The minimum atomic E-state index is -3.50. The number of amides is 1. The molecule has 0 radical (unpaired) electrons. The second kappa shape index (κ2) is 9.80. The Bertz CT molecular complexity index is 1470. The summed E-state index contributed by atoms with van der Waals surface area (Å²) in [6, 6.07) is 17.2. The number of carbonyl (C=O) groups is 1. The molecule has 2 aromatic heterocycles. The van der Waals surface area contributed by atoms with Crippen molar-refractivity contribution in [3.8, 4) is 11.4 Å². The van der Waals surface area contributed by atoms with Crippen LogP contribution in [0.3, 0.4) is 0 Å². The van der Waals surface area contributed by atoms with Crippen LogP contribution in [0.4, 0.5) is 8.78 Å². The molecule has 2 aromatic carbocycles. The number of hydrogen-bond acceptors (Lipinski definition) is 4. The maximum atomic E-state index is 13.5. The molecule has 1 N–H and O–H groups in total. The van der Waals surface area contributed by atoms with E-state index in [1.807, 2.05) is 48.7 Å². The average Bonchev–Trinajstić information content (AvgIpc) is 3.59. The zero-order valence-corrected chi connectivity index (χ0v) is 20.6. The van der Waals surface area contributed by atoms with Gasteiger partial charge in [-0.1, -0.05) is 30.3 Å². The highest BCUT2D eigenvalue weighted by atomic mass is 19.3. The van der Waals surface area contributed by atoms with Crippen LogP contribution in [0.25, 0.3) is 16.6 Å². The summed E-state index contributed by atoms with van der Waals surface area (Å²) in [5.41, 5.74) is 2.32. The number of fused-ring (bicyclic) bond motifs is 1. The van der Waals surface area contributed by atoms with Gasteiger partial charge in [0.2, 0.25) is 0 Å². The van der Waals surface area contributed by atoms with Gasteiger partial charge in [-0.2, -0.15) is 13.9 Å². The monoisotopic (exact) mass is 506 g/mol. The van der Waals surface area contributed by atoms with Crippen molar-refractivity contribution in [1.29, 1.82) is 0 Å². The average molecular weight is 507 g/mol. The van der Waals surface area contributed by atoms with E-state index in [1.165, 1.54) is 0 Å². The highest BCUT2D eigenvalue weighted by Gasteiger charge is 2.35. The van der Waals surface area contributed by atoms with Crippen molar-refractivity contribution < 1.29 is 18.3 Å². The number of rotatable bonds is 9. The van der Waals surface area contributed by atoms with Crippen LogP contribution in [-0.2, 0) is 11.3 Å². The van der Waals surface area contributed by atoms with Gasteiger partial charge in [-0.15, -0.1) is 0 Å². The molecular weight excluding hydrogens is 478 g/mol. The number of benzene rings is 2. The highest BCUT2D eigenvalue weighted by Crippen LogP contribution is 2.31. The van der Waals surface area contributed by atoms with E-state index in [2.05, 4.69) is 10.4 Å². The summed E-state index contributed by atoms with van der Waals surface area (Å²) < 4.78 is 36.8. The number of ether oxygens (including phenoxy) is 1. The number of hydrogen-bond donors (Lipinski definition) is 1. The summed E-state index contributed by atoms with van der Waals surface area (Å²) in [5, 5.41) is 7.69. The van der Waals surface area contributed by atoms with Gasteiger partial charge in [0, 0.05) is 31.1 Å². The number of nitrogens with one attached hydrogen (secondary N) is 1. The first kappa shape index (κ1) is 24.7. The minimum absolute atomic E-state index is 0.0307. The smallest absolute Gasteiger partial charge is 0.321 e. The van der Waals surface area contributed by atoms with Crippen LogP contribution in [0, 0.1) is 5.92 Å². The van der Waals surface area contributed by atoms with Crippen molar-refractivity contribution in [2.45, 2.75) is 51.3 Å². The third-order valence-electron chi connectivity index (χ3n) is 6.51. The third kappa shape index (κ3) is 5.55. The van der Waals surface area contributed by atoms with Gasteiger partial charge in [0.1, 0.15) is 11.9 Å². The van der Waals surface area contributed by atoms with E-state index < -0.39 is 24.0 Å². The van der Waals surface area contributed by atoms with Crippen molar-refractivity contribution in [2.75, 3.05) is 0 Å². The summed E-state index contributed by atoms with van der Waals surface area (Å²) in [7, 11) is 0. The second-order valence-electron chi connectivity index (χ2n) is 9.70. The quantitative estimate of drug-likeness (QED) is 0.351. The molecule has 0 bridgehead atoms. The van der Waals surface area contributed by atoms with Gasteiger partial charge in [0.25, 0.3) is 11.5 Å². The maximum absolute atomic E-state index is 13.5. The van der Waals surface area contributed by atoms with Gasteiger partial charge >= 0.3 is 5.92 Å². The van der Waals surface area contributed by atoms with Crippen LogP contribution < -0.4 is 15.6 Å². The van der Waals surface area contributed by atoms with E-state index >= 15 is 0 Å². The van der Waals surface area contributed by atoms with Gasteiger partial charge in [-0.25, -0.2) is 4.68 Å². The Morgan fingerprint density at radius 2 is 1.92 bits per heavy atom. The van der Waals surface area contributed by atoms with Crippen molar-refractivity contribution in [3.05, 3.63) is 89.0 Å². The summed E-state index contributed by atoms with van der Waals surface area (Å²) in [4.78, 5) is 24.2. The van der Waals surface area contributed by atoms with Crippen LogP contribution in [0.1, 0.15) is 38.4 Å². The Morgan fingerprint density at radius 1 is 1.16 bits per heavy atom. The van der Waals surface area contributed by atoms with Crippen LogP contribution in [0.5, 0.6) is 5.75 Å². The molecular formula is C28H28F2N4O3. The van der Waals surface area contributed by atoms with Gasteiger partial charge in [-0.05, 0) is 55.5 Å². The first-order chi connectivity index (χ1) is 17.7. The van der Waals surface area contributed by atoms with Crippen LogP contribution in [-0.4, -0.2) is 32.2 Å². The minimum Gasteiger partial charge on any atom is -0.484 e. The lowest BCUT2D eigenvalue weighted by Gasteiger charge is -2.27. The normalized spacial score (nSPS) is 15.4. The number of alkyl halides is 2. The lowest BCUT2D eigenvalue weighted by Crippen LogP contribution is -2.46. The van der Waals surface area contributed by atoms with E-state index in [0.29, 0.717) is 25.1 Å². The molecule has 0 saturated heterocycles. The molecule has 1 saturated carbocycles. The third-order valence-corrected chi connectivity index (χ3v) is 6.51. The Balaban J connectivity index is 1.42. The van der Waals surface area contributed by atoms with E-state index in [9.17, 15) is 18.4 Å². The number of carbonyl (C=O) groups excluding carboxylic acids is 1. The van der Waals surface area contributed by atoms with Crippen molar-refractivity contribution in [3.63, 3.8) is 0 Å². The molecule has 2 heterocycles. The van der Waals surface area contributed by atoms with Crippen LogP contribution in [0.2, 0.25) is 0 Å². The molecule has 4 aromatic rings. The second-order valence-corrected chi connectivity index (χ2v) is 9.70. The Hall–Kier alpha value is -4.01. The molecule has 0 unspecified atom stereocenters. The molecule has 0 aliphatic heterocycles. The SMILES string of the molecule is C[C@H](NC(=O)C(C)(F)F)[C@H](Oc1ccc2c(cnn2-c2ccc(=O)n(CC3CC3)c2)c1)c1ccccc1. The largest absolute Gasteiger partial charge is 0.484 e. The van der Waals surface area contributed by atoms with Gasteiger partial charge in [0.05, 0.1) is 23.4 Å². The molecule has 1 aliphatic carbocycles. The van der Waals surface area contributed by atoms with E-state index in [0.717, 1.165) is 35.0 Å². The number of nitrogens with zero attached hydrogens (tertiary/aromatic N) is 3. The fourth-order valence-electron chi connectivity index (χ4n) is 4.31. The zero-order chi connectivity index (χ0) is 26.2. The molecule has 9 heteroatoms. The first-order valence-electron chi connectivity index (χ1n) is 12.3. The molecule has 0 spiro atoms. The highest BCUT2D eigenvalue weighted by molar-refractivity contribution is 5.83. The van der Waals surface area contributed by atoms with E-state index in [1.54, 1.807) is 40.6 Å². The first-order valence-corrected chi connectivity index (χ1v) is 12.3. The van der Waals surface area contributed by atoms with Crippen molar-refractivity contribution >= 4 is 16.8 Å². The van der Waals surface area contributed by atoms with Crippen molar-refractivity contribution in [1.82, 2.24) is 19.7 Å². The molecule has 37 heavy (non-hydrogen) atoms. The Kier molecular flexibility index (Phi) is 6.54. The molecule has 1 aliphatic rings. The topological polar surface area (TPSA) is 78.2 Å². The number of halogens is 2. The maximum Gasteiger partial charge on any atom is 0.321 e. The molecule has 2 atom stereocenters. The molecule has 192 valence electrons. The fraction of sp³-hybridized carbons (Fsp3) is 0.321. The Labute approximate surface area is 212 Å². The van der Waals surface area contributed by atoms with Crippen LogP contribution in [0.15, 0.2) is 77.9 Å². The number of aromatic nitrogens is 3. The molecule has 1 fully saturated rings. The molecule has 1 amide bonds. The summed E-state index contributed by atoms with van der Waals surface area (Å²) in [5.74, 6) is -3.78. The standard InChI is InChI=1S/C28H28F2N4O3/c1-18(32-27(36)28(2,29)30)26(20-6-4-3-5-7-20)37-23-11-12-24-21(14-23)15-31-34(24)22-10-13-25(35)33(17-22)16-19-8-9-19/h3-7,10-15,17-19,26H,8-9,16H2,1-2H3,(H,32,36)/t18-,26-/m0/s1. The predicted molar refractivity (Wildman–Crippen MR) is 136 cm³/mol. The summed E-state index contributed by atoms with van der Waals surface area (Å²) in [6.07, 6.45) is 5.13. The van der Waals surface area contributed by atoms with Gasteiger partial charge < -0.3 is 14.6 Å². The van der Waals surface area contributed by atoms with Crippen molar-refractivity contribution in [2.24, 2.45) is 5.92 Å². The fourth-order valence-corrected chi connectivity index (χ4v) is 4.31. The number of pyridine rings is 1. The zero-order valence-electron chi connectivity index (χ0n) is 20.6. The Morgan fingerprint density at radius 3 is 2.62 bits per heavy atom. The predicted octanol–water partition coefficient (Wildman–Crippen LogP) is 4.88. The lowest BCUT2D eigenvalue weighted by molar-refractivity contribution is -0.144. The molecule has 7 nitrogen and oxygen atoms in total.